The summed E-state index contributed by atoms with van der Waals surface area (Å²) in [5.41, 5.74) is 2.20. The Morgan fingerprint density at radius 1 is 1.47 bits per heavy atom. The zero-order chi connectivity index (χ0) is 13.7. The largest absolute Gasteiger partial charge is 0.324 e. The summed E-state index contributed by atoms with van der Waals surface area (Å²) in [5, 5.41) is 7.04. The number of fused-ring (bicyclic) bond motifs is 1. The van der Waals surface area contributed by atoms with Crippen molar-refractivity contribution >= 4 is 23.4 Å². The topological polar surface area (TPSA) is 41.1 Å². The molecule has 0 saturated carbocycles. The number of nitrogens with one attached hydrogen (secondary N) is 2. The first-order chi connectivity index (χ1) is 9.20. The average Bonchev–Trinajstić information content (AvgIpc) is 2.58. The lowest BCUT2D eigenvalue weighted by Crippen LogP contribution is -2.40. The highest BCUT2D eigenvalue weighted by Gasteiger charge is 2.22. The van der Waals surface area contributed by atoms with E-state index in [1.54, 1.807) is 0 Å². The molecule has 2 rings (SSSR count). The molecule has 4 heteroatoms. The van der Waals surface area contributed by atoms with Crippen molar-refractivity contribution in [2.24, 2.45) is 0 Å². The van der Waals surface area contributed by atoms with Gasteiger partial charge in [-0.05, 0) is 43.7 Å². The molecule has 2 N–H and O–H groups in total. The van der Waals surface area contributed by atoms with Gasteiger partial charge in [-0.1, -0.05) is 25.1 Å². The number of hydrogen-bond acceptors (Lipinski definition) is 3. The molecular weight excluding hydrogens is 256 g/mol. The average molecular weight is 278 g/mol. The molecule has 3 nitrogen and oxygen atoms in total. The Kier molecular flexibility index (Phi) is 5.28. The molecule has 1 aromatic rings. The van der Waals surface area contributed by atoms with E-state index in [9.17, 15) is 4.79 Å². The van der Waals surface area contributed by atoms with Gasteiger partial charge < -0.3 is 10.6 Å². The van der Waals surface area contributed by atoms with Crippen molar-refractivity contribution in [3.63, 3.8) is 0 Å². The lowest BCUT2D eigenvalue weighted by atomic mass is 10.1. The molecule has 0 spiro atoms. The zero-order valence-corrected chi connectivity index (χ0v) is 12.4. The summed E-state index contributed by atoms with van der Waals surface area (Å²) in [6.07, 6.45) is 5.04. The lowest BCUT2D eigenvalue weighted by Gasteiger charge is -2.16. The van der Waals surface area contributed by atoms with Crippen molar-refractivity contribution in [1.29, 1.82) is 0 Å². The van der Waals surface area contributed by atoms with Gasteiger partial charge in [0.1, 0.15) is 0 Å². The van der Waals surface area contributed by atoms with Crippen LogP contribution in [0, 0.1) is 0 Å². The molecule has 1 amide bonds. The number of rotatable bonds is 5. The fraction of sp³-hybridized carbons (Fsp3) is 0.533. The van der Waals surface area contributed by atoms with Crippen molar-refractivity contribution in [1.82, 2.24) is 5.32 Å². The summed E-state index contributed by atoms with van der Waals surface area (Å²) in [6.45, 7) is 3.12. The lowest BCUT2D eigenvalue weighted by molar-refractivity contribution is -0.118. The maximum atomic E-state index is 12.1. The number of benzene rings is 1. The van der Waals surface area contributed by atoms with Crippen molar-refractivity contribution in [2.75, 3.05) is 18.1 Å². The minimum absolute atomic E-state index is 0.0681. The number of amides is 1. The van der Waals surface area contributed by atoms with Crippen LogP contribution in [0.3, 0.4) is 0 Å². The predicted molar refractivity (Wildman–Crippen MR) is 82.8 cm³/mol. The smallest absolute Gasteiger partial charge is 0.241 e. The van der Waals surface area contributed by atoms with Crippen LogP contribution in [0.4, 0.5) is 5.69 Å². The number of carbonyl (C=O) groups excluding carboxylic acids is 1. The number of aryl methyl sites for hydroxylation is 1. The highest BCUT2D eigenvalue weighted by Crippen LogP contribution is 2.21. The molecule has 0 bridgehead atoms. The predicted octanol–water partition coefficient (Wildman–Crippen LogP) is 2.67. The Morgan fingerprint density at radius 2 is 2.26 bits per heavy atom. The van der Waals surface area contributed by atoms with E-state index in [0.717, 1.165) is 31.5 Å². The monoisotopic (exact) mass is 278 g/mol. The van der Waals surface area contributed by atoms with E-state index in [-0.39, 0.29) is 11.9 Å². The van der Waals surface area contributed by atoms with Crippen LogP contribution < -0.4 is 10.6 Å². The molecule has 1 aliphatic rings. The van der Waals surface area contributed by atoms with Crippen LogP contribution in [0.15, 0.2) is 24.3 Å². The van der Waals surface area contributed by atoms with Gasteiger partial charge in [0.2, 0.25) is 5.91 Å². The molecule has 2 atom stereocenters. The molecular formula is C15H22N2OS. The van der Waals surface area contributed by atoms with Crippen LogP contribution >= 0.6 is 11.8 Å². The van der Waals surface area contributed by atoms with Gasteiger partial charge in [-0.15, -0.1) is 0 Å². The summed E-state index contributed by atoms with van der Waals surface area (Å²) in [5.74, 6) is 0.0988. The summed E-state index contributed by atoms with van der Waals surface area (Å²) in [6, 6.07) is 7.99. The molecule has 0 saturated heterocycles. The number of thioether (sulfide) groups is 1. The van der Waals surface area contributed by atoms with E-state index in [2.05, 4.69) is 29.9 Å². The van der Waals surface area contributed by atoms with E-state index >= 15 is 0 Å². The molecule has 2 unspecified atom stereocenters. The SMILES string of the molecule is CSC(C)CCNC1CCc2ccccc2NC1=O. The molecule has 1 aromatic carbocycles. The minimum atomic E-state index is -0.0681. The van der Waals surface area contributed by atoms with E-state index in [1.165, 1.54) is 5.56 Å². The maximum Gasteiger partial charge on any atom is 0.241 e. The quantitative estimate of drug-likeness (QED) is 0.870. The number of anilines is 1. The van der Waals surface area contributed by atoms with Crippen molar-refractivity contribution in [3.8, 4) is 0 Å². The standard InChI is InChI=1S/C15H22N2OS/c1-11(19-2)9-10-16-14-8-7-12-5-3-4-6-13(12)17-15(14)18/h3-6,11,14,16H,7-10H2,1-2H3,(H,17,18). The Morgan fingerprint density at radius 3 is 3.05 bits per heavy atom. The number of para-hydroxylation sites is 1. The molecule has 104 valence electrons. The third kappa shape index (κ3) is 3.98. The molecule has 19 heavy (non-hydrogen) atoms. The molecule has 0 fully saturated rings. The second-order valence-corrected chi connectivity index (χ2v) is 6.30. The third-order valence-electron chi connectivity index (χ3n) is 3.64. The van der Waals surface area contributed by atoms with Crippen molar-refractivity contribution in [2.45, 2.75) is 37.5 Å². The van der Waals surface area contributed by atoms with Gasteiger partial charge in [0.25, 0.3) is 0 Å². The van der Waals surface area contributed by atoms with E-state index < -0.39 is 0 Å². The molecule has 0 aliphatic carbocycles. The summed E-state index contributed by atoms with van der Waals surface area (Å²) in [7, 11) is 0. The Hall–Kier alpha value is -1.00. The fourth-order valence-electron chi connectivity index (χ4n) is 2.28. The molecule has 1 heterocycles. The van der Waals surface area contributed by atoms with Crippen LogP contribution in [0.5, 0.6) is 0 Å². The summed E-state index contributed by atoms with van der Waals surface area (Å²) in [4.78, 5) is 12.1. The minimum Gasteiger partial charge on any atom is -0.324 e. The zero-order valence-electron chi connectivity index (χ0n) is 11.6. The third-order valence-corrected chi connectivity index (χ3v) is 4.68. The van der Waals surface area contributed by atoms with Gasteiger partial charge in [0.15, 0.2) is 0 Å². The van der Waals surface area contributed by atoms with Crippen molar-refractivity contribution < 1.29 is 4.79 Å². The van der Waals surface area contributed by atoms with Crippen LogP contribution in [0.25, 0.3) is 0 Å². The first-order valence-electron chi connectivity index (χ1n) is 6.85. The van der Waals surface area contributed by atoms with Gasteiger partial charge in [-0.25, -0.2) is 0 Å². The second-order valence-electron chi connectivity index (χ2n) is 5.03. The highest BCUT2D eigenvalue weighted by atomic mass is 32.2. The first-order valence-corrected chi connectivity index (χ1v) is 8.14. The van der Waals surface area contributed by atoms with E-state index in [0.29, 0.717) is 5.25 Å². The first kappa shape index (κ1) is 14.4. The van der Waals surface area contributed by atoms with E-state index in [4.69, 9.17) is 0 Å². The molecule has 0 radical (unpaired) electrons. The second kappa shape index (κ2) is 6.96. The normalized spacial score (nSPS) is 20.3. The van der Waals surface area contributed by atoms with Crippen LogP contribution in [-0.2, 0) is 11.2 Å². The Labute approximate surface area is 119 Å². The van der Waals surface area contributed by atoms with Crippen LogP contribution in [0.1, 0.15) is 25.3 Å². The van der Waals surface area contributed by atoms with Gasteiger partial charge in [-0.3, -0.25) is 4.79 Å². The Bertz CT molecular complexity index is 436. The maximum absolute atomic E-state index is 12.1. The van der Waals surface area contributed by atoms with Gasteiger partial charge in [0.05, 0.1) is 6.04 Å². The van der Waals surface area contributed by atoms with E-state index in [1.807, 2.05) is 30.0 Å². The highest BCUT2D eigenvalue weighted by molar-refractivity contribution is 7.99. The van der Waals surface area contributed by atoms with Gasteiger partial charge in [0, 0.05) is 10.9 Å². The number of hydrogen-bond donors (Lipinski definition) is 2. The Balaban J connectivity index is 1.90. The van der Waals surface area contributed by atoms with Crippen molar-refractivity contribution in [3.05, 3.63) is 29.8 Å². The molecule has 1 aliphatic heterocycles. The van der Waals surface area contributed by atoms with Gasteiger partial charge in [-0.2, -0.15) is 11.8 Å². The number of carbonyl (C=O) groups is 1. The van der Waals surface area contributed by atoms with Crippen LogP contribution in [-0.4, -0.2) is 30.0 Å². The summed E-state index contributed by atoms with van der Waals surface area (Å²) >= 11 is 1.87. The van der Waals surface area contributed by atoms with Crippen LogP contribution in [0.2, 0.25) is 0 Å². The van der Waals surface area contributed by atoms with Gasteiger partial charge >= 0.3 is 0 Å². The fourth-order valence-corrected chi connectivity index (χ4v) is 2.64. The summed E-state index contributed by atoms with van der Waals surface area (Å²) < 4.78 is 0. The molecule has 0 aromatic heterocycles.